The van der Waals surface area contributed by atoms with Crippen LogP contribution in [-0.2, 0) is 9.53 Å². The van der Waals surface area contributed by atoms with E-state index in [4.69, 9.17) is 15.6 Å². The van der Waals surface area contributed by atoms with Crippen molar-refractivity contribution >= 4 is 17.6 Å². The number of ether oxygens (including phenoxy) is 1. The van der Waals surface area contributed by atoms with Crippen LogP contribution in [0.2, 0.25) is 0 Å². The Morgan fingerprint density at radius 1 is 1.33 bits per heavy atom. The van der Waals surface area contributed by atoms with Crippen molar-refractivity contribution in [1.82, 2.24) is 0 Å². The van der Waals surface area contributed by atoms with Crippen LogP contribution in [-0.4, -0.2) is 27.6 Å². The molecule has 3 N–H and O–H groups in total. The van der Waals surface area contributed by atoms with Gasteiger partial charge in [0, 0.05) is 12.1 Å². The van der Waals surface area contributed by atoms with E-state index in [0.717, 1.165) is 18.2 Å². The van der Waals surface area contributed by atoms with E-state index in [2.05, 4.69) is 0 Å². The average molecular weight is 296 g/mol. The maximum atomic E-state index is 11.9. The monoisotopic (exact) mass is 296 g/mol. The van der Waals surface area contributed by atoms with Gasteiger partial charge in [-0.25, -0.2) is 9.59 Å². The highest BCUT2D eigenvalue weighted by Gasteiger charge is 2.26. The molecule has 0 saturated heterocycles. The summed E-state index contributed by atoms with van der Waals surface area (Å²) in [5, 5.41) is 19.7. The van der Waals surface area contributed by atoms with Crippen LogP contribution in [0, 0.1) is 10.1 Å². The van der Waals surface area contributed by atoms with E-state index in [9.17, 15) is 19.7 Å². The third-order valence-corrected chi connectivity index (χ3v) is 2.42. The Labute approximate surface area is 120 Å². The first-order valence-corrected chi connectivity index (χ1v) is 6.02. The molecular formula is C13H16N2O6. The van der Waals surface area contributed by atoms with Gasteiger partial charge in [0.2, 0.25) is 0 Å². The molecule has 0 aliphatic carbocycles. The number of carbonyl (C=O) groups excluding carboxylic acids is 1. The first-order chi connectivity index (χ1) is 9.51. The Hall–Kier alpha value is -2.48. The van der Waals surface area contributed by atoms with Gasteiger partial charge in [0.25, 0.3) is 5.69 Å². The number of carboxylic acid groups (broad SMARTS) is 1. The van der Waals surface area contributed by atoms with Crippen LogP contribution in [0.4, 0.5) is 5.69 Å². The van der Waals surface area contributed by atoms with Gasteiger partial charge in [-0.3, -0.25) is 10.1 Å². The maximum Gasteiger partial charge on any atom is 0.335 e. The summed E-state index contributed by atoms with van der Waals surface area (Å²) >= 11 is 0. The van der Waals surface area contributed by atoms with Crippen molar-refractivity contribution in [2.24, 2.45) is 5.73 Å². The van der Waals surface area contributed by atoms with Crippen molar-refractivity contribution in [3.05, 3.63) is 39.4 Å². The van der Waals surface area contributed by atoms with Crippen molar-refractivity contribution in [1.29, 1.82) is 0 Å². The van der Waals surface area contributed by atoms with Gasteiger partial charge >= 0.3 is 11.9 Å². The number of benzene rings is 1. The number of rotatable bonds is 4. The van der Waals surface area contributed by atoms with E-state index in [1.807, 2.05) is 0 Å². The molecule has 0 heterocycles. The molecule has 1 aromatic carbocycles. The minimum absolute atomic E-state index is 0.0100. The first kappa shape index (κ1) is 16.6. The maximum absolute atomic E-state index is 11.9. The van der Waals surface area contributed by atoms with E-state index in [1.165, 1.54) is 0 Å². The largest absolute Gasteiger partial charge is 0.478 e. The number of nitrogens with zero attached hydrogens (tertiary/aromatic N) is 1. The van der Waals surface area contributed by atoms with Crippen LogP contribution >= 0.6 is 0 Å². The Morgan fingerprint density at radius 3 is 2.33 bits per heavy atom. The molecule has 1 rings (SSSR count). The quantitative estimate of drug-likeness (QED) is 0.490. The van der Waals surface area contributed by atoms with Gasteiger partial charge in [-0.05, 0) is 32.4 Å². The standard InChI is InChI=1S/C13H16N2O6/c1-13(2,3)21-12(18)10(14)7-4-8(11(16)17)6-9(5-7)15(19)20/h4-6,10H,14H2,1-3H3,(H,16,17). The smallest absolute Gasteiger partial charge is 0.335 e. The van der Waals surface area contributed by atoms with Crippen molar-refractivity contribution in [2.75, 3.05) is 0 Å². The number of aromatic carboxylic acids is 1. The van der Waals surface area contributed by atoms with Crippen LogP contribution < -0.4 is 5.73 Å². The highest BCUT2D eigenvalue weighted by molar-refractivity contribution is 5.89. The normalized spacial score (nSPS) is 12.6. The topological polar surface area (TPSA) is 133 Å². The molecule has 0 bridgehead atoms. The number of hydrogen-bond donors (Lipinski definition) is 2. The number of nitro benzene ring substituents is 1. The minimum atomic E-state index is -1.35. The van der Waals surface area contributed by atoms with Crippen molar-refractivity contribution in [3.63, 3.8) is 0 Å². The molecule has 0 spiro atoms. The highest BCUT2D eigenvalue weighted by Crippen LogP contribution is 2.23. The zero-order chi connectivity index (χ0) is 16.4. The number of non-ortho nitro benzene ring substituents is 1. The summed E-state index contributed by atoms with van der Waals surface area (Å²) in [6.45, 7) is 4.94. The van der Waals surface area contributed by atoms with Gasteiger partial charge in [0.1, 0.15) is 11.6 Å². The molecule has 1 atom stereocenters. The number of nitro groups is 1. The van der Waals surface area contributed by atoms with Gasteiger partial charge < -0.3 is 15.6 Å². The summed E-state index contributed by atoms with van der Waals surface area (Å²) in [5.74, 6) is -2.14. The lowest BCUT2D eigenvalue weighted by atomic mass is 10.0. The molecule has 0 radical (unpaired) electrons. The molecule has 8 heteroatoms. The molecule has 0 aliphatic rings. The first-order valence-electron chi connectivity index (χ1n) is 6.02. The molecular weight excluding hydrogens is 280 g/mol. The Bertz CT molecular complexity index is 559. The van der Waals surface area contributed by atoms with Crippen molar-refractivity contribution in [3.8, 4) is 0 Å². The molecule has 0 amide bonds. The predicted octanol–water partition coefficient (Wildman–Crippen LogP) is 1.63. The number of carbonyl (C=O) groups is 2. The second-order valence-corrected chi connectivity index (χ2v) is 5.39. The SMILES string of the molecule is CC(C)(C)OC(=O)C(N)c1cc(C(=O)O)cc([N+](=O)[O-])c1. The molecule has 1 unspecified atom stereocenters. The van der Waals surface area contributed by atoms with E-state index in [1.54, 1.807) is 20.8 Å². The molecule has 0 fully saturated rings. The lowest BCUT2D eigenvalue weighted by Gasteiger charge is -2.22. The van der Waals surface area contributed by atoms with E-state index >= 15 is 0 Å². The van der Waals surface area contributed by atoms with E-state index in [-0.39, 0.29) is 11.1 Å². The van der Waals surface area contributed by atoms with Crippen LogP contribution in [0.5, 0.6) is 0 Å². The number of esters is 1. The number of hydrogen-bond acceptors (Lipinski definition) is 6. The average Bonchev–Trinajstić information content (AvgIpc) is 2.35. The molecule has 0 aromatic heterocycles. The zero-order valence-corrected chi connectivity index (χ0v) is 11.8. The molecule has 114 valence electrons. The van der Waals surface area contributed by atoms with Crippen LogP contribution in [0.1, 0.15) is 42.7 Å². The van der Waals surface area contributed by atoms with Crippen LogP contribution in [0.15, 0.2) is 18.2 Å². The third-order valence-electron chi connectivity index (χ3n) is 2.42. The molecule has 0 saturated carbocycles. The summed E-state index contributed by atoms with van der Waals surface area (Å²) < 4.78 is 5.07. The van der Waals surface area contributed by atoms with Crippen LogP contribution in [0.25, 0.3) is 0 Å². The molecule has 0 aliphatic heterocycles. The second kappa shape index (κ2) is 5.88. The third kappa shape index (κ3) is 4.53. The minimum Gasteiger partial charge on any atom is -0.478 e. The van der Waals surface area contributed by atoms with E-state index in [0.29, 0.717) is 0 Å². The van der Waals surface area contributed by atoms with Gasteiger partial charge in [-0.2, -0.15) is 0 Å². The number of nitrogens with two attached hydrogens (primary N) is 1. The fourth-order valence-electron chi connectivity index (χ4n) is 1.54. The van der Waals surface area contributed by atoms with Gasteiger partial charge in [0.05, 0.1) is 10.5 Å². The van der Waals surface area contributed by atoms with Crippen molar-refractivity contribution < 1.29 is 24.4 Å². The molecule has 8 nitrogen and oxygen atoms in total. The highest BCUT2D eigenvalue weighted by atomic mass is 16.6. The summed E-state index contributed by atoms with van der Waals surface area (Å²) in [6, 6.07) is 1.76. The van der Waals surface area contributed by atoms with Gasteiger partial charge in [0.15, 0.2) is 0 Å². The lowest BCUT2D eigenvalue weighted by molar-refractivity contribution is -0.385. The Kier molecular flexibility index (Phi) is 4.64. The predicted molar refractivity (Wildman–Crippen MR) is 72.8 cm³/mol. The Morgan fingerprint density at radius 2 is 1.90 bits per heavy atom. The van der Waals surface area contributed by atoms with E-state index < -0.39 is 34.2 Å². The zero-order valence-electron chi connectivity index (χ0n) is 11.8. The fourth-order valence-corrected chi connectivity index (χ4v) is 1.54. The van der Waals surface area contributed by atoms with Crippen molar-refractivity contribution in [2.45, 2.75) is 32.4 Å². The molecule has 1 aromatic rings. The summed E-state index contributed by atoms with van der Waals surface area (Å²) in [4.78, 5) is 32.9. The summed E-state index contributed by atoms with van der Waals surface area (Å²) in [7, 11) is 0. The Balaban J connectivity index is 3.19. The van der Waals surface area contributed by atoms with Gasteiger partial charge in [-0.15, -0.1) is 0 Å². The van der Waals surface area contributed by atoms with Crippen LogP contribution in [0.3, 0.4) is 0 Å². The summed E-state index contributed by atoms with van der Waals surface area (Å²) in [6.07, 6.45) is 0. The van der Waals surface area contributed by atoms with Gasteiger partial charge in [-0.1, -0.05) is 0 Å². The lowest BCUT2D eigenvalue weighted by Crippen LogP contribution is -2.31. The summed E-state index contributed by atoms with van der Waals surface area (Å²) in [5.41, 5.74) is 4.16. The fraction of sp³-hybridized carbons (Fsp3) is 0.385. The second-order valence-electron chi connectivity index (χ2n) is 5.39. The number of carboxylic acids is 1. The molecule has 21 heavy (non-hydrogen) atoms.